The molecular formula is C10H16ClN3O2. The molecule has 90 valence electrons. The lowest BCUT2D eigenvalue weighted by atomic mass is 10.3. The van der Waals surface area contributed by atoms with E-state index >= 15 is 0 Å². The largest absolute Gasteiger partial charge is 0.328 e. The Kier molecular flexibility index (Phi) is 4.76. The number of aromatic amines is 1. The van der Waals surface area contributed by atoms with Gasteiger partial charge in [-0.2, -0.15) is 0 Å². The molecule has 0 aliphatic carbocycles. The quantitative estimate of drug-likeness (QED) is 0.746. The molecule has 0 aliphatic rings. The Morgan fingerprint density at radius 2 is 2.19 bits per heavy atom. The van der Waals surface area contributed by atoms with Crippen LogP contribution in [-0.4, -0.2) is 22.1 Å². The molecule has 0 spiro atoms. The third-order valence-electron chi connectivity index (χ3n) is 2.10. The summed E-state index contributed by atoms with van der Waals surface area (Å²) in [5.41, 5.74) is -0.956. The predicted octanol–water partition coefficient (Wildman–Crippen LogP) is 0.578. The Labute approximate surface area is 98.4 Å². The maximum absolute atomic E-state index is 11.3. The summed E-state index contributed by atoms with van der Waals surface area (Å²) in [7, 11) is 0. The molecule has 0 saturated carbocycles. The number of nitrogens with zero attached hydrogens (tertiary/aromatic N) is 1. The van der Waals surface area contributed by atoms with E-state index in [4.69, 9.17) is 11.6 Å². The normalized spacial score (nSPS) is 11.0. The minimum atomic E-state index is -0.539. The number of aromatic nitrogens is 2. The van der Waals surface area contributed by atoms with Gasteiger partial charge in [0.2, 0.25) is 0 Å². The fourth-order valence-corrected chi connectivity index (χ4v) is 1.45. The first-order valence-electron chi connectivity index (χ1n) is 5.23. The summed E-state index contributed by atoms with van der Waals surface area (Å²) in [6, 6.07) is 0.427. The first kappa shape index (κ1) is 13.0. The lowest BCUT2D eigenvalue weighted by Gasteiger charge is -2.08. The van der Waals surface area contributed by atoms with Crippen molar-refractivity contribution in [1.82, 2.24) is 14.9 Å². The van der Waals surface area contributed by atoms with Crippen LogP contribution in [0.2, 0.25) is 5.02 Å². The van der Waals surface area contributed by atoms with E-state index in [1.54, 1.807) is 0 Å². The minimum Gasteiger partial charge on any atom is -0.314 e. The van der Waals surface area contributed by atoms with Gasteiger partial charge in [-0.05, 0) is 13.0 Å². The van der Waals surface area contributed by atoms with Gasteiger partial charge in [-0.25, -0.2) is 4.79 Å². The number of nitrogens with one attached hydrogen (secondary N) is 2. The van der Waals surface area contributed by atoms with Crippen LogP contribution < -0.4 is 16.6 Å². The lowest BCUT2D eigenvalue weighted by Crippen LogP contribution is -2.31. The van der Waals surface area contributed by atoms with Crippen LogP contribution in [0.1, 0.15) is 20.3 Å². The second-order valence-corrected chi connectivity index (χ2v) is 4.30. The van der Waals surface area contributed by atoms with Gasteiger partial charge in [-0.3, -0.25) is 14.3 Å². The molecule has 0 saturated heterocycles. The van der Waals surface area contributed by atoms with Gasteiger partial charge >= 0.3 is 5.69 Å². The van der Waals surface area contributed by atoms with E-state index in [0.717, 1.165) is 13.0 Å². The summed E-state index contributed by atoms with van der Waals surface area (Å²) >= 11 is 5.63. The predicted molar refractivity (Wildman–Crippen MR) is 64.1 cm³/mol. The van der Waals surface area contributed by atoms with Crippen LogP contribution in [0.25, 0.3) is 0 Å². The van der Waals surface area contributed by atoms with Gasteiger partial charge in [0.1, 0.15) is 5.02 Å². The van der Waals surface area contributed by atoms with Gasteiger partial charge in [0.15, 0.2) is 0 Å². The Bertz CT molecular complexity index is 450. The number of rotatable bonds is 5. The van der Waals surface area contributed by atoms with Crippen LogP contribution >= 0.6 is 11.6 Å². The van der Waals surface area contributed by atoms with Crippen LogP contribution in [-0.2, 0) is 6.54 Å². The van der Waals surface area contributed by atoms with E-state index in [1.807, 2.05) is 0 Å². The third kappa shape index (κ3) is 3.83. The van der Waals surface area contributed by atoms with Crippen LogP contribution in [0.5, 0.6) is 0 Å². The van der Waals surface area contributed by atoms with E-state index in [9.17, 15) is 9.59 Å². The Balaban J connectivity index is 2.58. The van der Waals surface area contributed by atoms with Crippen molar-refractivity contribution in [2.45, 2.75) is 32.9 Å². The van der Waals surface area contributed by atoms with E-state index < -0.39 is 11.2 Å². The van der Waals surface area contributed by atoms with E-state index in [0.29, 0.717) is 12.6 Å². The standard InChI is InChI=1S/C10H16ClN3O2/c1-7(2)12-4-3-5-14-6-8(11)9(15)13-10(14)16/h6-7,12H,3-5H2,1-2H3,(H,13,15,16). The topological polar surface area (TPSA) is 66.9 Å². The average molecular weight is 246 g/mol. The smallest absolute Gasteiger partial charge is 0.314 e. The molecule has 16 heavy (non-hydrogen) atoms. The summed E-state index contributed by atoms with van der Waals surface area (Å²) < 4.78 is 1.41. The molecular weight excluding hydrogens is 230 g/mol. The molecule has 1 aromatic heterocycles. The zero-order valence-electron chi connectivity index (χ0n) is 9.42. The zero-order valence-corrected chi connectivity index (χ0v) is 10.2. The average Bonchev–Trinajstić information content (AvgIpc) is 2.19. The molecule has 0 amide bonds. The summed E-state index contributed by atoms with van der Waals surface area (Å²) in [5, 5.41) is 3.28. The molecule has 2 N–H and O–H groups in total. The van der Waals surface area contributed by atoms with E-state index in [-0.39, 0.29) is 5.02 Å². The zero-order chi connectivity index (χ0) is 12.1. The number of hydrogen-bond donors (Lipinski definition) is 2. The van der Waals surface area contributed by atoms with Gasteiger partial charge in [-0.1, -0.05) is 25.4 Å². The van der Waals surface area contributed by atoms with Crippen molar-refractivity contribution >= 4 is 11.6 Å². The Hall–Kier alpha value is -1.07. The highest BCUT2D eigenvalue weighted by Gasteiger charge is 2.01. The molecule has 0 unspecified atom stereocenters. The molecule has 0 aliphatic heterocycles. The maximum atomic E-state index is 11.3. The highest BCUT2D eigenvalue weighted by Crippen LogP contribution is 1.96. The first-order valence-corrected chi connectivity index (χ1v) is 5.61. The molecule has 0 fully saturated rings. The molecule has 5 nitrogen and oxygen atoms in total. The van der Waals surface area contributed by atoms with Crippen LogP contribution in [0, 0.1) is 0 Å². The molecule has 1 rings (SSSR count). The minimum absolute atomic E-state index is 0.0384. The number of aryl methyl sites for hydroxylation is 1. The molecule has 0 atom stereocenters. The fourth-order valence-electron chi connectivity index (χ4n) is 1.29. The number of halogens is 1. The Morgan fingerprint density at radius 3 is 2.81 bits per heavy atom. The first-order chi connectivity index (χ1) is 7.50. The Morgan fingerprint density at radius 1 is 1.50 bits per heavy atom. The number of H-pyrrole nitrogens is 1. The maximum Gasteiger partial charge on any atom is 0.328 e. The molecule has 1 aromatic rings. The van der Waals surface area contributed by atoms with Crippen molar-refractivity contribution in [2.75, 3.05) is 6.54 Å². The third-order valence-corrected chi connectivity index (χ3v) is 2.37. The lowest BCUT2D eigenvalue weighted by molar-refractivity contribution is 0.525. The van der Waals surface area contributed by atoms with Gasteiger partial charge in [0.25, 0.3) is 5.56 Å². The van der Waals surface area contributed by atoms with Crippen molar-refractivity contribution in [1.29, 1.82) is 0 Å². The van der Waals surface area contributed by atoms with E-state index in [2.05, 4.69) is 24.1 Å². The second kappa shape index (κ2) is 5.86. The van der Waals surface area contributed by atoms with Crippen LogP contribution in [0.15, 0.2) is 15.8 Å². The van der Waals surface area contributed by atoms with Gasteiger partial charge in [-0.15, -0.1) is 0 Å². The molecule has 1 heterocycles. The van der Waals surface area contributed by atoms with E-state index in [1.165, 1.54) is 10.8 Å². The molecule has 6 heteroatoms. The second-order valence-electron chi connectivity index (χ2n) is 3.89. The fraction of sp³-hybridized carbons (Fsp3) is 0.600. The van der Waals surface area contributed by atoms with Crippen LogP contribution in [0.3, 0.4) is 0 Å². The van der Waals surface area contributed by atoms with Crippen molar-refractivity contribution < 1.29 is 0 Å². The molecule has 0 bridgehead atoms. The molecule has 0 aromatic carbocycles. The highest BCUT2D eigenvalue weighted by atomic mass is 35.5. The summed E-state index contributed by atoms with van der Waals surface area (Å²) in [6.07, 6.45) is 2.18. The monoisotopic (exact) mass is 245 g/mol. The summed E-state index contributed by atoms with van der Waals surface area (Å²) in [6.45, 7) is 5.47. The van der Waals surface area contributed by atoms with Gasteiger partial charge < -0.3 is 5.32 Å². The van der Waals surface area contributed by atoms with Gasteiger partial charge in [0.05, 0.1) is 0 Å². The van der Waals surface area contributed by atoms with Crippen LogP contribution in [0.4, 0.5) is 0 Å². The van der Waals surface area contributed by atoms with Crippen molar-refractivity contribution in [3.8, 4) is 0 Å². The SMILES string of the molecule is CC(C)NCCCn1cc(Cl)c(=O)[nH]c1=O. The summed E-state index contributed by atoms with van der Waals surface area (Å²) in [4.78, 5) is 24.5. The molecule has 0 radical (unpaired) electrons. The summed E-state index contributed by atoms with van der Waals surface area (Å²) in [5.74, 6) is 0. The van der Waals surface area contributed by atoms with Gasteiger partial charge in [0, 0.05) is 18.8 Å². The van der Waals surface area contributed by atoms with Crippen molar-refractivity contribution in [3.63, 3.8) is 0 Å². The highest BCUT2D eigenvalue weighted by molar-refractivity contribution is 6.30. The van der Waals surface area contributed by atoms with Crippen molar-refractivity contribution in [3.05, 3.63) is 32.1 Å². The number of hydrogen-bond acceptors (Lipinski definition) is 3. The van der Waals surface area contributed by atoms with Crippen molar-refractivity contribution in [2.24, 2.45) is 0 Å².